The summed E-state index contributed by atoms with van der Waals surface area (Å²) in [5.41, 5.74) is -0.775. The van der Waals surface area contributed by atoms with Crippen LogP contribution < -0.4 is 5.32 Å². The molecule has 9 atom stereocenters. The first-order valence-electron chi connectivity index (χ1n) is 23.9. The van der Waals surface area contributed by atoms with Crippen LogP contribution in [0.4, 0.5) is 0 Å². The average Bonchev–Trinajstić information content (AvgIpc) is 4.24. The van der Waals surface area contributed by atoms with Crippen molar-refractivity contribution in [3.63, 3.8) is 0 Å². The molecule has 0 radical (unpaired) electrons. The fourth-order valence-electron chi connectivity index (χ4n) is 10.7. The fraction of sp³-hybridized carbons (Fsp3) is 0.608. The van der Waals surface area contributed by atoms with Crippen LogP contribution in [0.15, 0.2) is 60.7 Å². The Morgan fingerprint density at radius 1 is 0.941 bits per heavy atom. The van der Waals surface area contributed by atoms with Gasteiger partial charge in [0, 0.05) is 49.6 Å². The highest BCUT2D eigenvalue weighted by atomic mass is 16.8. The molecule has 2 aromatic rings. The van der Waals surface area contributed by atoms with E-state index in [0.717, 1.165) is 36.8 Å². The van der Waals surface area contributed by atoms with E-state index in [1.165, 1.54) is 16.0 Å². The molecule has 7 fully saturated rings. The summed E-state index contributed by atoms with van der Waals surface area (Å²) in [6.07, 6.45) is 2.51. The van der Waals surface area contributed by atoms with Crippen molar-refractivity contribution in [2.24, 2.45) is 22.7 Å². The van der Waals surface area contributed by atoms with E-state index in [2.05, 4.69) is 5.32 Å². The van der Waals surface area contributed by atoms with Crippen LogP contribution in [0.25, 0.3) is 6.08 Å². The van der Waals surface area contributed by atoms with Crippen molar-refractivity contribution in [3.8, 4) is 0 Å². The van der Waals surface area contributed by atoms with Crippen LogP contribution in [0, 0.1) is 22.7 Å². The van der Waals surface area contributed by atoms with E-state index in [0.29, 0.717) is 5.56 Å². The van der Waals surface area contributed by atoms with Crippen molar-refractivity contribution in [3.05, 3.63) is 77.4 Å². The Balaban J connectivity index is 0.993. The quantitative estimate of drug-likeness (QED) is 0.131. The number of benzene rings is 2. The largest absolute Gasteiger partial charge is 0.462 e. The van der Waals surface area contributed by atoms with E-state index >= 15 is 4.79 Å². The number of aliphatic hydroxyl groups is 1. The molecule has 4 saturated heterocycles. The van der Waals surface area contributed by atoms with Crippen LogP contribution in [0.1, 0.15) is 96.3 Å². The van der Waals surface area contributed by atoms with Crippen LogP contribution in [0.3, 0.4) is 0 Å². The lowest BCUT2D eigenvalue weighted by atomic mass is 9.62. The summed E-state index contributed by atoms with van der Waals surface area (Å²) in [4.78, 5) is 90.7. The Kier molecular flexibility index (Phi) is 12.9. The standard InChI is InChI=1S/C51H63N3O14/c1-48(2,3)65-38(57)23-21-34(27-55)52-44(58)35(24-30-10-8-7-9-11-30)53(6)47(61)50-25-36-39-40(67-51(66-39,32-17-18-32)33-19-20-33)42(50)68-54(41(50)45(59)63-36)26-31-14-12-29(13-15-31)16-22-37(56)64-43-46(60)62-28-49(43,4)5/h7-16,22,32-36,39-43,55H,17-21,23-28H2,1-6H3,(H,52,58)/t34-,35+,36+,39-,40-,41-,42+,43-,50-/m0/s1. The number of esters is 4. The molecule has 7 aliphatic rings. The maximum atomic E-state index is 15.8. The number of nitrogens with one attached hydrogen (secondary N) is 1. The predicted octanol–water partition coefficient (Wildman–Crippen LogP) is 3.96. The SMILES string of the molecule is CN(C(=O)[C@@]12C[C@H]3OC(=O)[C@@H]1N(Cc1ccc(C=CC(=O)O[C@H]4C(=O)OCC4(C)C)cc1)O[C@@H]2[C@H]1OC(C2CC2)(C2CC2)O[C@H]13)[C@H](Cc1ccccc1)C(=O)N[C@H](CO)CCC(=O)OC(C)(C)C. The first-order valence-corrected chi connectivity index (χ1v) is 23.9. The summed E-state index contributed by atoms with van der Waals surface area (Å²) in [6, 6.07) is 13.3. The third-order valence-electron chi connectivity index (χ3n) is 14.4. The van der Waals surface area contributed by atoms with Gasteiger partial charge in [-0.2, -0.15) is 5.06 Å². The monoisotopic (exact) mass is 941 g/mol. The normalized spacial score (nSPS) is 29.9. The lowest BCUT2D eigenvalue weighted by Crippen LogP contribution is -2.70. The average molecular weight is 942 g/mol. The van der Waals surface area contributed by atoms with Gasteiger partial charge in [0.1, 0.15) is 48.1 Å². The number of carbonyl (C=O) groups excluding carboxylic acids is 6. The molecule has 0 spiro atoms. The van der Waals surface area contributed by atoms with E-state index in [4.69, 9.17) is 33.3 Å². The summed E-state index contributed by atoms with van der Waals surface area (Å²) in [5.74, 6) is -3.96. The number of carbonyl (C=O) groups is 6. The first-order chi connectivity index (χ1) is 32.3. The van der Waals surface area contributed by atoms with E-state index in [1.807, 2.05) is 42.5 Å². The molecule has 4 heterocycles. The number of amides is 2. The molecule has 2 N–H and O–H groups in total. The second kappa shape index (κ2) is 18.3. The van der Waals surface area contributed by atoms with Crippen LogP contribution in [0.5, 0.6) is 0 Å². The molecule has 4 aliphatic heterocycles. The summed E-state index contributed by atoms with van der Waals surface area (Å²) in [7, 11) is 1.55. The third-order valence-corrected chi connectivity index (χ3v) is 14.4. The van der Waals surface area contributed by atoms with Crippen LogP contribution in [-0.2, 0) is 75.0 Å². The summed E-state index contributed by atoms with van der Waals surface area (Å²) in [5, 5.41) is 14.8. The van der Waals surface area contributed by atoms with Gasteiger partial charge < -0.3 is 43.7 Å². The van der Waals surface area contributed by atoms with Gasteiger partial charge >= 0.3 is 23.9 Å². The van der Waals surface area contributed by atoms with Gasteiger partial charge in [0.25, 0.3) is 0 Å². The molecule has 366 valence electrons. The third kappa shape index (κ3) is 9.31. The van der Waals surface area contributed by atoms with E-state index < -0.39 is 113 Å². The van der Waals surface area contributed by atoms with Gasteiger partial charge in [-0.05, 0) is 75.6 Å². The summed E-state index contributed by atoms with van der Waals surface area (Å²) in [6.45, 7) is 8.61. The van der Waals surface area contributed by atoms with Gasteiger partial charge in [-0.1, -0.05) is 68.4 Å². The molecule has 0 aromatic heterocycles. The molecule has 2 aromatic carbocycles. The fourth-order valence-corrected chi connectivity index (χ4v) is 10.7. The molecule has 17 heteroatoms. The number of hydroxylamine groups is 2. The topological polar surface area (TPSA) is 206 Å². The zero-order chi connectivity index (χ0) is 48.3. The zero-order valence-electron chi connectivity index (χ0n) is 39.6. The molecular weight excluding hydrogens is 879 g/mol. The second-order valence-corrected chi connectivity index (χ2v) is 21.3. The van der Waals surface area contributed by atoms with Crippen LogP contribution in [-0.4, -0.2) is 131 Å². The van der Waals surface area contributed by atoms with Crippen LogP contribution >= 0.6 is 0 Å². The highest BCUT2D eigenvalue weighted by Gasteiger charge is 2.78. The molecule has 0 unspecified atom stereocenters. The second-order valence-electron chi connectivity index (χ2n) is 21.3. The van der Waals surface area contributed by atoms with Gasteiger partial charge in [-0.25, -0.2) is 9.59 Å². The number of ether oxygens (including phenoxy) is 6. The van der Waals surface area contributed by atoms with Crippen molar-refractivity contribution in [1.82, 2.24) is 15.3 Å². The smallest absolute Gasteiger partial charge is 0.348 e. The highest BCUT2D eigenvalue weighted by molar-refractivity contribution is 5.96. The summed E-state index contributed by atoms with van der Waals surface area (Å²) < 4.78 is 36.2. The Morgan fingerprint density at radius 2 is 1.62 bits per heavy atom. The van der Waals surface area contributed by atoms with Crippen molar-refractivity contribution in [2.75, 3.05) is 20.3 Å². The van der Waals surface area contributed by atoms with Gasteiger partial charge in [0.05, 0.1) is 19.2 Å². The van der Waals surface area contributed by atoms with Crippen molar-refractivity contribution in [2.45, 2.75) is 153 Å². The number of hydrogen-bond donors (Lipinski definition) is 2. The molecule has 17 nitrogen and oxygen atoms in total. The Bertz CT molecular complexity index is 2290. The molecular formula is C51H63N3O14. The molecule has 9 rings (SSSR count). The summed E-state index contributed by atoms with van der Waals surface area (Å²) >= 11 is 0. The number of cyclic esters (lactones) is 1. The Morgan fingerprint density at radius 3 is 2.24 bits per heavy atom. The number of hydrogen-bond acceptors (Lipinski definition) is 15. The van der Waals surface area contributed by atoms with Crippen LogP contribution in [0.2, 0.25) is 0 Å². The number of fused-ring (bicyclic) bond motifs is 4. The van der Waals surface area contributed by atoms with Crippen molar-refractivity contribution >= 4 is 41.8 Å². The van der Waals surface area contributed by atoms with Gasteiger partial charge in [-0.15, -0.1) is 0 Å². The number of nitrogens with zero attached hydrogens (tertiary/aromatic N) is 2. The van der Waals surface area contributed by atoms with E-state index in [1.54, 1.807) is 59.9 Å². The first kappa shape index (κ1) is 47.8. The minimum Gasteiger partial charge on any atom is -0.462 e. The van der Waals surface area contributed by atoms with E-state index in [-0.39, 0.29) is 50.7 Å². The molecule has 2 bridgehead atoms. The van der Waals surface area contributed by atoms with Gasteiger partial charge in [0.2, 0.25) is 17.9 Å². The number of aliphatic hydroxyl groups excluding tert-OH is 1. The van der Waals surface area contributed by atoms with Gasteiger partial charge in [0.15, 0.2) is 11.8 Å². The Hall–Kier alpha value is -5.20. The predicted molar refractivity (Wildman–Crippen MR) is 240 cm³/mol. The zero-order valence-corrected chi connectivity index (χ0v) is 39.6. The lowest BCUT2D eigenvalue weighted by molar-refractivity contribution is -0.235. The Labute approximate surface area is 396 Å². The number of likely N-dealkylation sites (N-methyl/N-ethyl adjacent to an activating group) is 1. The minimum absolute atomic E-state index is 0.0513. The maximum absolute atomic E-state index is 15.8. The van der Waals surface area contributed by atoms with Crippen molar-refractivity contribution in [1.29, 1.82) is 0 Å². The lowest BCUT2D eigenvalue weighted by Gasteiger charge is -2.50. The minimum atomic E-state index is -1.58. The molecule has 3 aliphatic carbocycles. The molecule has 3 saturated carbocycles. The highest BCUT2D eigenvalue weighted by Crippen LogP contribution is 2.64. The molecule has 68 heavy (non-hydrogen) atoms. The van der Waals surface area contributed by atoms with E-state index in [9.17, 15) is 29.1 Å². The maximum Gasteiger partial charge on any atom is 0.348 e. The number of rotatable bonds is 17. The molecule has 2 amide bonds. The van der Waals surface area contributed by atoms with Gasteiger partial charge in [-0.3, -0.25) is 24.0 Å². The van der Waals surface area contributed by atoms with Crippen molar-refractivity contribution < 1.29 is 67.1 Å².